The Kier molecular flexibility index (Phi) is 7.72. The molecule has 144 valence electrons. The van der Waals surface area contributed by atoms with Crippen molar-refractivity contribution in [2.75, 3.05) is 57.8 Å². The van der Waals surface area contributed by atoms with E-state index < -0.39 is 11.8 Å². The quantitative estimate of drug-likeness (QED) is 0.699. The number of para-hydroxylation sites is 2. The number of hydrogen-bond acceptors (Lipinski definition) is 5. The molecule has 2 amide bonds. The number of hydrogen-bond donors (Lipinski definition) is 2. The van der Waals surface area contributed by atoms with E-state index in [1.807, 2.05) is 32.0 Å². The van der Waals surface area contributed by atoms with Gasteiger partial charge in [0.1, 0.15) is 5.75 Å². The number of piperazine rings is 1. The van der Waals surface area contributed by atoms with Gasteiger partial charge in [0.25, 0.3) is 0 Å². The molecule has 0 unspecified atom stereocenters. The zero-order chi connectivity index (χ0) is 18.9. The Morgan fingerprint density at radius 3 is 2.38 bits per heavy atom. The highest BCUT2D eigenvalue weighted by Gasteiger charge is 2.20. The number of methoxy groups -OCH3 is 1. The van der Waals surface area contributed by atoms with Gasteiger partial charge in [-0.1, -0.05) is 26.0 Å². The lowest BCUT2D eigenvalue weighted by Crippen LogP contribution is -2.49. The first-order chi connectivity index (χ1) is 12.5. The van der Waals surface area contributed by atoms with Crippen LogP contribution in [0.4, 0.5) is 5.69 Å². The Morgan fingerprint density at radius 2 is 1.73 bits per heavy atom. The molecule has 1 heterocycles. The molecule has 7 heteroatoms. The SMILES string of the molecule is COc1ccccc1N1CCN(CCNC(=O)C(=O)NCC(C)C)CC1. The summed E-state index contributed by atoms with van der Waals surface area (Å²) in [5, 5.41) is 5.31. The number of nitrogens with one attached hydrogen (secondary N) is 2. The number of rotatable bonds is 7. The summed E-state index contributed by atoms with van der Waals surface area (Å²) in [6.45, 7) is 9.34. The topological polar surface area (TPSA) is 73.9 Å². The number of carbonyl (C=O) groups excluding carboxylic acids is 2. The van der Waals surface area contributed by atoms with Crippen molar-refractivity contribution < 1.29 is 14.3 Å². The van der Waals surface area contributed by atoms with Gasteiger partial charge in [0, 0.05) is 45.8 Å². The fourth-order valence-electron chi connectivity index (χ4n) is 2.89. The Labute approximate surface area is 155 Å². The Morgan fingerprint density at radius 1 is 1.08 bits per heavy atom. The first-order valence-electron chi connectivity index (χ1n) is 9.17. The second kappa shape index (κ2) is 10.0. The summed E-state index contributed by atoms with van der Waals surface area (Å²) in [7, 11) is 1.69. The van der Waals surface area contributed by atoms with Gasteiger partial charge in [0.2, 0.25) is 0 Å². The molecular formula is C19H30N4O3. The standard InChI is InChI=1S/C19H30N4O3/c1-15(2)14-21-19(25)18(24)20-8-9-22-10-12-23(13-11-22)16-6-4-5-7-17(16)26-3/h4-7,15H,8-14H2,1-3H3,(H,20,24)(H,21,25). The van der Waals surface area contributed by atoms with Gasteiger partial charge in [-0.3, -0.25) is 14.5 Å². The van der Waals surface area contributed by atoms with Crippen LogP contribution in [0.2, 0.25) is 0 Å². The molecule has 1 saturated heterocycles. The first kappa shape index (κ1) is 20.0. The van der Waals surface area contributed by atoms with Crippen LogP contribution in [0.15, 0.2) is 24.3 Å². The van der Waals surface area contributed by atoms with Crippen molar-refractivity contribution in [3.8, 4) is 5.75 Å². The predicted molar refractivity (Wildman–Crippen MR) is 103 cm³/mol. The minimum atomic E-state index is -0.557. The molecular weight excluding hydrogens is 332 g/mol. The molecule has 0 aromatic heterocycles. The summed E-state index contributed by atoms with van der Waals surface area (Å²) in [4.78, 5) is 28.0. The van der Waals surface area contributed by atoms with Gasteiger partial charge in [0.05, 0.1) is 12.8 Å². The maximum atomic E-state index is 11.7. The smallest absolute Gasteiger partial charge is 0.309 e. The molecule has 1 aromatic rings. The van der Waals surface area contributed by atoms with Crippen LogP contribution < -0.4 is 20.3 Å². The third kappa shape index (κ3) is 5.91. The number of amides is 2. The van der Waals surface area contributed by atoms with E-state index in [1.54, 1.807) is 7.11 Å². The van der Waals surface area contributed by atoms with Crippen molar-refractivity contribution in [3.05, 3.63) is 24.3 Å². The average molecular weight is 362 g/mol. The number of benzene rings is 1. The largest absolute Gasteiger partial charge is 0.495 e. The van der Waals surface area contributed by atoms with E-state index in [2.05, 4.69) is 26.5 Å². The lowest BCUT2D eigenvalue weighted by molar-refractivity contribution is -0.139. The molecule has 2 rings (SSSR count). The minimum absolute atomic E-state index is 0.325. The predicted octanol–water partition coefficient (Wildman–Crippen LogP) is 0.706. The van der Waals surface area contributed by atoms with E-state index >= 15 is 0 Å². The normalized spacial score (nSPS) is 15.0. The molecule has 2 N–H and O–H groups in total. The molecule has 1 fully saturated rings. The summed E-state index contributed by atoms with van der Waals surface area (Å²) >= 11 is 0. The van der Waals surface area contributed by atoms with Gasteiger partial charge < -0.3 is 20.3 Å². The van der Waals surface area contributed by atoms with Crippen LogP contribution in [-0.4, -0.2) is 69.6 Å². The van der Waals surface area contributed by atoms with Crippen LogP contribution in [0.1, 0.15) is 13.8 Å². The first-order valence-corrected chi connectivity index (χ1v) is 9.17. The molecule has 1 aromatic carbocycles. The van der Waals surface area contributed by atoms with Crippen LogP contribution in [0.3, 0.4) is 0 Å². The van der Waals surface area contributed by atoms with Crippen molar-refractivity contribution in [1.82, 2.24) is 15.5 Å². The van der Waals surface area contributed by atoms with Crippen LogP contribution in [0.25, 0.3) is 0 Å². The van der Waals surface area contributed by atoms with Gasteiger partial charge in [-0.25, -0.2) is 0 Å². The Bertz CT molecular complexity index is 598. The zero-order valence-electron chi connectivity index (χ0n) is 16.0. The molecule has 1 aliphatic rings. The molecule has 0 spiro atoms. The van der Waals surface area contributed by atoms with E-state index in [0.717, 1.165) is 44.2 Å². The van der Waals surface area contributed by atoms with Crippen LogP contribution in [0.5, 0.6) is 5.75 Å². The molecule has 1 aliphatic heterocycles. The second-order valence-electron chi connectivity index (χ2n) is 6.86. The second-order valence-corrected chi connectivity index (χ2v) is 6.86. The van der Waals surface area contributed by atoms with E-state index in [9.17, 15) is 9.59 Å². The number of ether oxygens (including phenoxy) is 1. The number of nitrogens with zero attached hydrogens (tertiary/aromatic N) is 2. The maximum absolute atomic E-state index is 11.7. The van der Waals surface area contributed by atoms with Gasteiger partial charge >= 0.3 is 11.8 Å². The minimum Gasteiger partial charge on any atom is -0.495 e. The summed E-state index contributed by atoms with van der Waals surface area (Å²) in [5.74, 6) is 0.102. The van der Waals surface area contributed by atoms with Crippen molar-refractivity contribution in [2.24, 2.45) is 5.92 Å². The lowest BCUT2D eigenvalue weighted by Gasteiger charge is -2.36. The zero-order valence-corrected chi connectivity index (χ0v) is 16.0. The van der Waals surface area contributed by atoms with Gasteiger partial charge in [-0.2, -0.15) is 0 Å². The highest BCUT2D eigenvalue weighted by molar-refractivity contribution is 6.35. The van der Waals surface area contributed by atoms with Gasteiger partial charge in [-0.05, 0) is 18.1 Å². The molecule has 26 heavy (non-hydrogen) atoms. The van der Waals surface area contributed by atoms with Gasteiger partial charge in [0.15, 0.2) is 0 Å². The summed E-state index contributed by atoms with van der Waals surface area (Å²) in [6.07, 6.45) is 0. The number of anilines is 1. The van der Waals surface area contributed by atoms with E-state index in [1.165, 1.54) is 0 Å². The highest BCUT2D eigenvalue weighted by Crippen LogP contribution is 2.28. The monoisotopic (exact) mass is 362 g/mol. The molecule has 0 bridgehead atoms. The summed E-state index contributed by atoms with van der Waals surface area (Å²) < 4.78 is 5.43. The third-order valence-electron chi connectivity index (χ3n) is 4.39. The molecule has 0 radical (unpaired) electrons. The van der Waals surface area contributed by atoms with Crippen molar-refractivity contribution >= 4 is 17.5 Å². The fourth-order valence-corrected chi connectivity index (χ4v) is 2.89. The third-order valence-corrected chi connectivity index (χ3v) is 4.39. The summed E-state index contributed by atoms with van der Waals surface area (Å²) in [6, 6.07) is 8.04. The molecule has 7 nitrogen and oxygen atoms in total. The van der Waals surface area contributed by atoms with E-state index in [-0.39, 0.29) is 0 Å². The van der Waals surface area contributed by atoms with E-state index in [0.29, 0.717) is 19.0 Å². The lowest BCUT2D eigenvalue weighted by atomic mass is 10.2. The highest BCUT2D eigenvalue weighted by atomic mass is 16.5. The van der Waals surface area contributed by atoms with Crippen LogP contribution in [-0.2, 0) is 9.59 Å². The van der Waals surface area contributed by atoms with Crippen molar-refractivity contribution in [1.29, 1.82) is 0 Å². The maximum Gasteiger partial charge on any atom is 0.309 e. The van der Waals surface area contributed by atoms with Crippen LogP contribution >= 0.6 is 0 Å². The number of carbonyl (C=O) groups is 2. The average Bonchev–Trinajstić information content (AvgIpc) is 2.66. The van der Waals surface area contributed by atoms with Gasteiger partial charge in [-0.15, -0.1) is 0 Å². The summed E-state index contributed by atoms with van der Waals surface area (Å²) in [5.41, 5.74) is 1.12. The molecule has 0 saturated carbocycles. The van der Waals surface area contributed by atoms with E-state index in [4.69, 9.17) is 4.74 Å². The molecule has 0 atom stereocenters. The Hall–Kier alpha value is -2.28. The van der Waals surface area contributed by atoms with Crippen LogP contribution in [0, 0.1) is 5.92 Å². The Balaban J connectivity index is 1.69. The fraction of sp³-hybridized carbons (Fsp3) is 0.579. The molecule has 0 aliphatic carbocycles. The van der Waals surface area contributed by atoms with Crippen molar-refractivity contribution in [3.63, 3.8) is 0 Å². The van der Waals surface area contributed by atoms with Crippen molar-refractivity contribution in [2.45, 2.75) is 13.8 Å².